The van der Waals surface area contributed by atoms with E-state index >= 15 is 0 Å². The fourth-order valence-corrected chi connectivity index (χ4v) is 1.72. The van der Waals surface area contributed by atoms with Crippen LogP contribution < -0.4 is 0 Å². The van der Waals surface area contributed by atoms with E-state index in [9.17, 15) is 4.79 Å². The highest BCUT2D eigenvalue weighted by atomic mass is 32.2. The molecule has 1 rings (SSSR count). The Kier molecular flexibility index (Phi) is 3.45. The normalized spacial score (nSPS) is 15.1. The van der Waals surface area contributed by atoms with E-state index in [4.69, 9.17) is 5.11 Å². The first-order chi connectivity index (χ1) is 6.52. The lowest BCUT2D eigenvalue weighted by Crippen LogP contribution is -2.20. The molecule has 0 saturated carbocycles. The van der Waals surface area contributed by atoms with Gasteiger partial charge in [0.1, 0.15) is 0 Å². The fourth-order valence-electron chi connectivity index (χ4n) is 0.790. The van der Waals surface area contributed by atoms with Gasteiger partial charge in [0, 0.05) is 12.3 Å². The fraction of sp³-hybridized carbons (Fsp3) is 0.714. The summed E-state index contributed by atoms with van der Waals surface area (Å²) >= 11 is 1.36. The maximum absolute atomic E-state index is 10.7. The third-order valence-electron chi connectivity index (χ3n) is 1.97. The van der Waals surface area contributed by atoms with Gasteiger partial charge in [0.05, 0.1) is 5.92 Å². The second kappa shape index (κ2) is 4.41. The maximum atomic E-state index is 10.7. The Balaban J connectivity index is 2.61. The van der Waals surface area contributed by atoms with Gasteiger partial charge in [-0.25, -0.2) is 4.68 Å². The zero-order chi connectivity index (χ0) is 10.7. The first kappa shape index (κ1) is 11.0. The summed E-state index contributed by atoms with van der Waals surface area (Å²) < 4.78 is 1.52. The third-order valence-corrected chi connectivity index (χ3v) is 3.30. The Bertz CT molecular complexity index is 327. The molecule has 0 spiro atoms. The predicted molar refractivity (Wildman–Crippen MR) is 50.9 cm³/mol. The van der Waals surface area contributed by atoms with Crippen molar-refractivity contribution in [1.29, 1.82) is 0 Å². The smallest absolute Gasteiger partial charge is 0.307 e. The van der Waals surface area contributed by atoms with Crippen LogP contribution in [0.15, 0.2) is 5.16 Å². The maximum Gasteiger partial charge on any atom is 0.307 e. The molecular weight excluding hydrogens is 204 g/mol. The Hall–Kier alpha value is -1.11. The Morgan fingerprint density at radius 3 is 2.64 bits per heavy atom. The molecular formula is C7H12N4O2S. The number of aliphatic carboxylic acids is 1. The number of aromatic nitrogens is 4. The molecule has 0 aliphatic rings. The summed E-state index contributed by atoms with van der Waals surface area (Å²) in [6.07, 6.45) is 0. The Morgan fingerprint density at radius 2 is 2.21 bits per heavy atom. The van der Waals surface area contributed by atoms with E-state index in [0.717, 1.165) is 0 Å². The van der Waals surface area contributed by atoms with Crippen LogP contribution in [-0.2, 0) is 11.8 Å². The largest absolute Gasteiger partial charge is 0.481 e. The monoisotopic (exact) mass is 216 g/mol. The van der Waals surface area contributed by atoms with Crippen molar-refractivity contribution in [2.45, 2.75) is 24.3 Å². The van der Waals surface area contributed by atoms with Crippen LogP contribution in [0.3, 0.4) is 0 Å². The van der Waals surface area contributed by atoms with Crippen molar-refractivity contribution < 1.29 is 9.90 Å². The predicted octanol–water partition coefficient (Wildman–Crippen LogP) is 0.411. The Morgan fingerprint density at radius 1 is 1.57 bits per heavy atom. The molecule has 1 heterocycles. The number of carboxylic acid groups (broad SMARTS) is 1. The summed E-state index contributed by atoms with van der Waals surface area (Å²) in [5, 5.41) is 20.3. The van der Waals surface area contributed by atoms with E-state index in [2.05, 4.69) is 15.5 Å². The first-order valence-electron chi connectivity index (χ1n) is 4.14. The molecule has 0 fully saturated rings. The number of thioether (sulfide) groups is 1. The minimum atomic E-state index is -0.805. The van der Waals surface area contributed by atoms with Crippen molar-refractivity contribution in [3.05, 3.63) is 0 Å². The van der Waals surface area contributed by atoms with Crippen LogP contribution >= 0.6 is 11.8 Å². The third kappa shape index (κ3) is 2.44. The van der Waals surface area contributed by atoms with Gasteiger partial charge in [0.2, 0.25) is 5.16 Å². The van der Waals surface area contributed by atoms with Crippen molar-refractivity contribution >= 4 is 17.7 Å². The van der Waals surface area contributed by atoms with Crippen LogP contribution in [0.2, 0.25) is 0 Å². The molecule has 0 saturated heterocycles. The minimum Gasteiger partial charge on any atom is -0.481 e. The molecule has 0 radical (unpaired) electrons. The first-order valence-corrected chi connectivity index (χ1v) is 5.02. The van der Waals surface area contributed by atoms with Crippen LogP contribution in [0.1, 0.15) is 13.8 Å². The lowest BCUT2D eigenvalue weighted by Gasteiger charge is -2.13. The van der Waals surface area contributed by atoms with Crippen molar-refractivity contribution in [3.8, 4) is 0 Å². The summed E-state index contributed by atoms with van der Waals surface area (Å²) in [4.78, 5) is 10.7. The zero-order valence-electron chi connectivity index (χ0n) is 8.21. The van der Waals surface area contributed by atoms with Gasteiger partial charge in [-0.05, 0) is 10.4 Å². The molecule has 2 unspecified atom stereocenters. The van der Waals surface area contributed by atoms with E-state index in [1.54, 1.807) is 14.0 Å². The minimum absolute atomic E-state index is 0.0581. The van der Waals surface area contributed by atoms with Crippen LogP contribution in [0.5, 0.6) is 0 Å². The molecule has 7 heteroatoms. The number of aryl methyl sites for hydroxylation is 1. The molecule has 0 aromatic carbocycles. The van der Waals surface area contributed by atoms with Crippen molar-refractivity contribution in [1.82, 2.24) is 20.2 Å². The Labute approximate surface area is 85.7 Å². The highest BCUT2D eigenvalue weighted by Crippen LogP contribution is 2.25. The van der Waals surface area contributed by atoms with Gasteiger partial charge in [-0.2, -0.15) is 0 Å². The lowest BCUT2D eigenvalue weighted by molar-refractivity contribution is -0.140. The summed E-state index contributed by atoms with van der Waals surface area (Å²) in [5.41, 5.74) is 0. The van der Waals surface area contributed by atoms with Crippen LogP contribution in [0.4, 0.5) is 0 Å². The number of nitrogens with zero attached hydrogens (tertiary/aromatic N) is 4. The van der Waals surface area contributed by atoms with Gasteiger partial charge in [-0.1, -0.05) is 25.6 Å². The van der Waals surface area contributed by atoms with E-state index < -0.39 is 11.9 Å². The summed E-state index contributed by atoms with van der Waals surface area (Å²) in [5.74, 6) is -1.23. The van der Waals surface area contributed by atoms with Gasteiger partial charge in [-0.3, -0.25) is 4.79 Å². The summed E-state index contributed by atoms with van der Waals surface area (Å²) in [7, 11) is 1.72. The second-order valence-corrected chi connectivity index (χ2v) is 4.38. The number of hydrogen-bond acceptors (Lipinski definition) is 5. The highest BCUT2D eigenvalue weighted by molar-refractivity contribution is 7.99. The SMILES string of the molecule is CC(Sc1nnnn1C)C(C)C(=O)O. The molecule has 1 aromatic heterocycles. The topological polar surface area (TPSA) is 80.9 Å². The zero-order valence-corrected chi connectivity index (χ0v) is 9.02. The molecule has 14 heavy (non-hydrogen) atoms. The number of carboxylic acids is 1. The number of tetrazole rings is 1. The van der Waals surface area contributed by atoms with Gasteiger partial charge in [0.25, 0.3) is 0 Å². The average molecular weight is 216 g/mol. The summed E-state index contributed by atoms with van der Waals surface area (Å²) in [6.45, 7) is 3.52. The number of carbonyl (C=O) groups is 1. The van der Waals surface area contributed by atoms with Crippen LogP contribution in [-0.4, -0.2) is 36.5 Å². The van der Waals surface area contributed by atoms with Gasteiger partial charge in [-0.15, -0.1) is 5.10 Å². The van der Waals surface area contributed by atoms with Crippen molar-refractivity contribution in [2.24, 2.45) is 13.0 Å². The molecule has 0 aliphatic carbocycles. The van der Waals surface area contributed by atoms with E-state index in [-0.39, 0.29) is 5.25 Å². The van der Waals surface area contributed by atoms with Crippen LogP contribution in [0, 0.1) is 5.92 Å². The lowest BCUT2D eigenvalue weighted by atomic mass is 10.1. The number of hydrogen-bond donors (Lipinski definition) is 1. The molecule has 1 N–H and O–H groups in total. The van der Waals surface area contributed by atoms with Crippen molar-refractivity contribution in [2.75, 3.05) is 0 Å². The molecule has 0 aliphatic heterocycles. The molecule has 6 nitrogen and oxygen atoms in total. The van der Waals surface area contributed by atoms with E-state index in [0.29, 0.717) is 5.16 Å². The van der Waals surface area contributed by atoms with E-state index in [1.165, 1.54) is 16.4 Å². The van der Waals surface area contributed by atoms with Gasteiger partial charge >= 0.3 is 5.97 Å². The molecule has 0 bridgehead atoms. The molecule has 0 amide bonds. The van der Waals surface area contributed by atoms with Gasteiger partial charge < -0.3 is 5.11 Å². The summed E-state index contributed by atoms with van der Waals surface area (Å²) in [6, 6.07) is 0. The highest BCUT2D eigenvalue weighted by Gasteiger charge is 2.22. The average Bonchev–Trinajstić information content (AvgIpc) is 2.50. The quantitative estimate of drug-likeness (QED) is 0.734. The standard InChI is InChI=1S/C7H12N4O2S/c1-4(6(12)13)5(2)14-7-8-9-10-11(7)3/h4-5H,1-3H3,(H,12,13). The van der Waals surface area contributed by atoms with Crippen molar-refractivity contribution in [3.63, 3.8) is 0 Å². The molecule has 78 valence electrons. The number of rotatable bonds is 4. The molecule has 2 atom stereocenters. The van der Waals surface area contributed by atoms with Gasteiger partial charge in [0.15, 0.2) is 0 Å². The second-order valence-electron chi connectivity index (χ2n) is 3.03. The molecule has 1 aromatic rings. The van der Waals surface area contributed by atoms with E-state index in [1.807, 2.05) is 6.92 Å². The van der Waals surface area contributed by atoms with Crippen LogP contribution in [0.25, 0.3) is 0 Å².